The number of hydrogen-bond donors (Lipinski definition) is 0. The molecule has 2 aromatic carbocycles. The van der Waals surface area contributed by atoms with Crippen molar-refractivity contribution in [2.45, 2.75) is 11.4 Å². The molecule has 148 valence electrons. The molecule has 2 aliphatic heterocycles. The van der Waals surface area contributed by atoms with Crippen molar-refractivity contribution in [3.8, 4) is 34.5 Å². The van der Waals surface area contributed by atoms with Crippen LogP contribution in [-0.2, 0) is 6.42 Å². The van der Waals surface area contributed by atoms with Crippen LogP contribution >= 0.6 is 11.8 Å². The Morgan fingerprint density at radius 1 is 1.00 bits per heavy atom. The molecule has 0 radical (unpaired) electrons. The zero-order valence-electron chi connectivity index (χ0n) is 16.3. The molecule has 0 aliphatic carbocycles. The Hall–Kier alpha value is -2.77. The molecule has 0 amide bonds. The van der Waals surface area contributed by atoms with Crippen LogP contribution in [0.4, 0.5) is 0 Å². The molecule has 2 aliphatic rings. The highest BCUT2D eigenvalue weighted by molar-refractivity contribution is 7.99. The van der Waals surface area contributed by atoms with Crippen LogP contribution in [0.3, 0.4) is 0 Å². The van der Waals surface area contributed by atoms with Gasteiger partial charge in [-0.2, -0.15) is 4.98 Å². The second kappa shape index (κ2) is 7.57. The summed E-state index contributed by atoms with van der Waals surface area (Å²) >= 11 is 1.74. The van der Waals surface area contributed by atoms with Crippen molar-refractivity contribution in [3.63, 3.8) is 0 Å². The molecule has 3 aromatic rings. The van der Waals surface area contributed by atoms with Gasteiger partial charge in [-0.3, -0.25) is 0 Å². The first-order valence-corrected chi connectivity index (χ1v) is 10.5. The number of para-hydroxylation sites is 1. The van der Waals surface area contributed by atoms with E-state index in [9.17, 15) is 0 Å². The summed E-state index contributed by atoms with van der Waals surface area (Å²) in [5.41, 5.74) is 3.10. The molecule has 3 heterocycles. The van der Waals surface area contributed by atoms with Gasteiger partial charge in [-0.1, -0.05) is 18.2 Å². The standard InChI is InChI=1S/C22H21N3O3S/c1-25(2)9-10-29-22-16-11-14-5-3-4-6-17(14)28-21(16)23-20(24-22)15-7-8-18-19(12-15)27-13-26-18/h3-8,12H,9-11,13H2,1-2H3. The molecule has 1 aromatic heterocycles. The van der Waals surface area contributed by atoms with E-state index in [-0.39, 0.29) is 6.79 Å². The lowest BCUT2D eigenvalue weighted by atomic mass is 10.0. The normalized spacial score (nSPS) is 13.8. The average molecular weight is 407 g/mol. The largest absolute Gasteiger partial charge is 0.454 e. The third kappa shape index (κ3) is 3.63. The summed E-state index contributed by atoms with van der Waals surface area (Å²) in [6, 6.07) is 13.9. The Kier molecular flexibility index (Phi) is 4.77. The van der Waals surface area contributed by atoms with E-state index in [4.69, 9.17) is 24.2 Å². The van der Waals surface area contributed by atoms with E-state index in [0.717, 1.165) is 57.7 Å². The summed E-state index contributed by atoms with van der Waals surface area (Å²) in [5.74, 6) is 4.54. The fraction of sp³-hybridized carbons (Fsp3) is 0.273. The van der Waals surface area contributed by atoms with Crippen molar-refractivity contribution < 1.29 is 14.2 Å². The first-order valence-electron chi connectivity index (χ1n) is 9.51. The fourth-order valence-corrected chi connectivity index (χ4v) is 4.47. The Morgan fingerprint density at radius 2 is 1.86 bits per heavy atom. The molecule has 0 fully saturated rings. The van der Waals surface area contributed by atoms with Gasteiger partial charge in [0, 0.05) is 24.3 Å². The second-order valence-corrected chi connectivity index (χ2v) is 8.33. The fourth-order valence-electron chi connectivity index (χ4n) is 3.33. The lowest BCUT2D eigenvalue weighted by Crippen LogP contribution is -2.15. The van der Waals surface area contributed by atoms with Gasteiger partial charge >= 0.3 is 0 Å². The number of ether oxygens (including phenoxy) is 3. The molecule has 0 atom stereocenters. The maximum absolute atomic E-state index is 6.17. The maximum Gasteiger partial charge on any atom is 0.231 e. The highest BCUT2D eigenvalue weighted by Gasteiger charge is 2.24. The Balaban J connectivity index is 1.55. The van der Waals surface area contributed by atoms with Crippen molar-refractivity contribution in [1.82, 2.24) is 14.9 Å². The minimum absolute atomic E-state index is 0.245. The molecule has 29 heavy (non-hydrogen) atoms. The van der Waals surface area contributed by atoms with E-state index in [2.05, 4.69) is 25.1 Å². The number of aromatic nitrogens is 2. The van der Waals surface area contributed by atoms with Crippen LogP contribution < -0.4 is 14.2 Å². The smallest absolute Gasteiger partial charge is 0.231 e. The zero-order valence-corrected chi connectivity index (χ0v) is 17.2. The average Bonchev–Trinajstić information content (AvgIpc) is 3.20. The van der Waals surface area contributed by atoms with Crippen LogP contribution in [0.1, 0.15) is 11.1 Å². The molecule has 0 bridgehead atoms. The minimum Gasteiger partial charge on any atom is -0.454 e. The molecular weight excluding hydrogens is 386 g/mol. The monoisotopic (exact) mass is 407 g/mol. The Morgan fingerprint density at radius 3 is 2.76 bits per heavy atom. The predicted molar refractivity (Wildman–Crippen MR) is 112 cm³/mol. The SMILES string of the molecule is CN(C)CCSc1nc(-c2ccc3c(c2)OCO3)nc2c1Cc1ccccc1O2. The number of fused-ring (bicyclic) bond motifs is 3. The maximum atomic E-state index is 6.17. The number of thioether (sulfide) groups is 1. The van der Waals surface area contributed by atoms with Gasteiger partial charge in [0.2, 0.25) is 12.7 Å². The second-order valence-electron chi connectivity index (χ2n) is 7.24. The van der Waals surface area contributed by atoms with Crippen molar-refractivity contribution in [2.24, 2.45) is 0 Å². The van der Waals surface area contributed by atoms with Gasteiger partial charge in [-0.05, 0) is 43.9 Å². The van der Waals surface area contributed by atoms with Gasteiger partial charge < -0.3 is 19.1 Å². The van der Waals surface area contributed by atoms with E-state index < -0.39 is 0 Å². The van der Waals surface area contributed by atoms with Crippen LogP contribution in [0, 0.1) is 0 Å². The summed E-state index contributed by atoms with van der Waals surface area (Å²) in [7, 11) is 4.15. The van der Waals surface area contributed by atoms with E-state index in [1.807, 2.05) is 36.4 Å². The predicted octanol–water partition coefficient (Wildman–Crippen LogP) is 4.22. The summed E-state index contributed by atoms with van der Waals surface area (Å²) in [4.78, 5) is 11.8. The molecule has 0 saturated carbocycles. The van der Waals surface area contributed by atoms with Crippen LogP contribution in [0.2, 0.25) is 0 Å². The zero-order chi connectivity index (χ0) is 19.8. The number of hydrogen-bond acceptors (Lipinski definition) is 7. The van der Waals surface area contributed by atoms with Crippen molar-refractivity contribution in [1.29, 1.82) is 0 Å². The third-order valence-electron chi connectivity index (χ3n) is 4.89. The van der Waals surface area contributed by atoms with Gasteiger partial charge in [0.05, 0.1) is 5.56 Å². The quantitative estimate of drug-likeness (QED) is 0.363. The van der Waals surface area contributed by atoms with Crippen LogP contribution in [-0.4, -0.2) is 48.1 Å². The van der Waals surface area contributed by atoms with Gasteiger partial charge in [0.25, 0.3) is 0 Å². The number of benzene rings is 2. The van der Waals surface area contributed by atoms with E-state index >= 15 is 0 Å². The summed E-state index contributed by atoms with van der Waals surface area (Å²) in [5, 5.41) is 0.971. The summed E-state index contributed by atoms with van der Waals surface area (Å²) in [6.45, 7) is 1.22. The lowest BCUT2D eigenvalue weighted by molar-refractivity contribution is 0.174. The topological polar surface area (TPSA) is 56.7 Å². The van der Waals surface area contributed by atoms with E-state index in [1.165, 1.54) is 0 Å². The van der Waals surface area contributed by atoms with Gasteiger partial charge in [0.15, 0.2) is 17.3 Å². The molecule has 0 unspecified atom stereocenters. The van der Waals surface area contributed by atoms with Crippen LogP contribution in [0.15, 0.2) is 47.5 Å². The minimum atomic E-state index is 0.245. The van der Waals surface area contributed by atoms with Crippen LogP contribution in [0.5, 0.6) is 23.1 Å². The number of nitrogens with zero attached hydrogens (tertiary/aromatic N) is 3. The summed E-state index contributed by atoms with van der Waals surface area (Å²) in [6.07, 6.45) is 0.775. The molecule has 5 rings (SSSR count). The van der Waals surface area contributed by atoms with Crippen molar-refractivity contribution in [3.05, 3.63) is 53.6 Å². The van der Waals surface area contributed by atoms with Crippen molar-refractivity contribution >= 4 is 11.8 Å². The van der Waals surface area contributed by atoms with Gasteiger partial charge in [-0.15, -0.1) is 11.8 Å². The van der Waals surface area contributed by atoms with Gasteiger partial charge in [0.1, 0.15) is 10.8 Å². The van der Waals surface area contributed by atoms with Crippen LogP contribution in [0.25, 0.3) is 11.4 Å². The Labute approximate surface area is 173 Å². The first-order chi connectivity index (χ1) is 14.2. The molecule has 0 spiro atoms. The molecule has 0 saturated heterocycles. The number of rotatable bonds is 5. The van der Waals surface area contributed by atoms with E-state index in [1.54, 1.807) is 11.8 Å². The highest BCUT2D eigenvalue weighted by atomic mass is 32.2. The van der Waals surface area contributed by atoms with Crippen molar-refractivity contribution in [2.75, 3.05) is 33.2 Å². The summed E-state index contributed by atoms with van der Waals surface area (Å²) < 4.78 is 17.1. The molecule has 6 nitrogen and oxygen atoms in total. The molecule has 0 N–H and O–H groups in total. The molecular formula is C22H21N3O3S. The van der Waals surface area contributed by atoms with Gasteiger partial charge in [-0.25, -0.2) is 4.98 Å². The van der Waals surface area contributed by atoms with E-state index in [0.29, 0.717) is 11.7 Å². The lowest BCUT2D eigenvalue weighted by Gasteiger charge is -2.22. The highest BCUT2D eigenvalue weighted by Crippen LogP contribution is 2.41. The molecule has 7 heteroatoms. The third-order valence-corrected chi connectivity index (χ3v) is 5.88. The first kappa shape index (κ1) is 18.3. The Bertz CT molecular complexity index is 1070.